The molecule has 32 nitrogen and oxygen atoms in total. The summed E-state index contributed by atoms with van der Waals surface area (Å²) in [6.07, 6.45) is 14.6. The van der Waals surface area contributed by atoms with E-state index >= 15 is 0 Å². The molecule has 4 aliphatic rings. The van der Waals surface area contributed by atoms with Gasteiger partial charge in [-0.1, -0.05) is 19.3 Å². The van der Waals surface area contributed by atoms with E-state index in [-0.39, 0.29) is 22.8 Å². The summed E-state index contributed by atoms with van der Waals surface area (Å²) in [7, 11) is 0. The number of aromatic carboxylic acids is 1. The Hall–Kier alpha value is -4.96. The van der Waals surface area contributed by atoms with E-state index in [1.807, 2.05) is 0 Å². The molecule has 0 aliphatic heterocycles. The molecule has 4 saturated carbocycles. The molecule has 0 unspecified atom stereocenters. The maximum atomic E-state index is 13.1. The Balaban J connectivity index is 0.587. The van der Waals surface area contributed by atoms with Gasteiger partial charge >= 0.3 is 5.97 Å². The Morgan fingerprint density at radius 2 is 0.513 bits per heavy atom. The molecular weight excluding hydrogens is 1470 g/mol. The van der Waals surface area contributed by atoms with Crippen LogP contribution in [0.1, 0.15) is 111 Å². The molecule has 6 rings (SSSR count). The van der Waals surface area contributed by atoms with Crippen LogP contribution in [0.4, 0.5) is 11.4 Å². The van der Waals surface area contributed by atoms with Gasteiger partial charge in [0.1, 0.15) is 0 Å². The maximum Gasteiger partial charge on any atom is 0.335 e. The Labute approximate surface area is 670 Å². The topological polar surface area (TPSA) is 352 Å². The average Bonchev–Trinajstić information content (AvgIpc) is 0.743. The zero-order valence-electron chi connectivity index (χ0n) is 67.4. The van der Waals surface area contributed by atoms with Crippen LogP contribution < -0.4 is 16.0 Å². The van der Waals surface area contributed by atoms with Crippen molar-refractivity contribution in [2.45, 2.75) is 89.9 Å². The number of carboxylic acids is 1. The second-order valence-electron chi connectivity index (χ2n) is 27.4. The van der Waals surface area contributed by atoms with Crippen molar-refractivity contribution in [2.24, 2.45) is 33.4 Å². The number of azo groups is 1. The maximum absolute atomic E-state index is 13.1. The van der Waals surface area contributed by atoms with Crippen molar-refractivity contribution in [1.29, 1.82) is 0 Å². The molecule has 4 bridgehead atoms. The monoisotopic (exact) mass is 1610 g/mol. The number of hydrogen-bond acceptors (Lipinski definition) is 28. The van der Waals surface area contributed by atoms with Crippen molar-refractivity contribution in [2.75, 3.05) is 310 Å². The van der Waals surface area contributed by atoms with E-state index in [1.165, 1.54) is 31.4 Å². The van der Waals surface area contributed by atoms with Crippen LogP contribution in [0.25, 0.3) is 0 Å². The molecule has 2 aromatic carbocycles. The van der Waals surface area contributed by atoms with Crippen LogP contribution in [-0.4, -0.2) is 339 Å². The van der Waals surface area contributed by atoms with E-state index in [2.05, 4.69) is 26.2 Å². The zero-order chi connectivity index (χ0) is 79.7. The number of benzene rings is 2. The number of unbranched alkanes of at least 4 members (excludes halogenated alkanes) is 4. The van der Waals surface area contributed by atoms with Crippen LogP contribution in [0.3, 0.4) is 0 Å². The third-order valence-corrected chi connectivity index (χ3v) is 18.3. The molecule has 4 aliphatic carbocycles. The van der Waals surface area contributed by atoms with Crippen molar-refractivity contribution in [3.05, 3.63) is 59.7 Å². The SMILES string of the molecule is O=C(CCCCCCCNC(=O)C12CC3CC(CC(C3)C1)C2)NCCCOCCOCCOCCOCCOCCOCCOCCOCCOCCOCCOCCOCCOCCOCCOCCOCCOCCOCCOCCOCCOCCOCCCNC(=O)c1ccc(N=Nc2ccc(C(=O)O)cc2)cc1. The van der Waals surface area contributed by atoms with Crippen LogP contribution in [0.5, 0.6) is 0 Å². The fraction of sp³-hybridized carbons (Fsp3) is 0.802. The van der Waals surface area contributed by atoms with Gasteiger partial charge in [0.05, 0.1) is 294 Å². The van der Waals surface area contributed by atoms with E-state index in [0.29, 0.717) is 339 Å². The Kier molecular flexibility index (Phi) is 62.1. The highest BCUT2D eigenvalue weighted by Crippen LogP contribution is 2.60. The van der Waals surface area contributed by atoms with Gasteiger partial charge in [-0.05, 0) is 130 Å². The Bertz CT molecular complexity index is 2570. The van der Waals surface area contributed by atoms with Crippen LogP contribution in [0, 0.1) is 23.2 Å². The first-order valence-electron chi connectivity index (χ1n) is 41.2. The van der Waals surface area contributed by atoms with Gasteiger partial charge in [0.2, 0.25) is 11.8 Å². The number of hydrogen-bond donors (Lipinski definition) is 4. The molecule has 4 N–H and O–H groups in total. The largest absolute Gasteiger partial charge is 0.478 e. The number of carboxylic acid groups (broad SMARTS) is 1. The van der Waals surface area contributed by atoms with Crippen molar-refractivity contribution in [1.82, 2.24) is 16.0 Å². The highest BCUT2D eigenvalue weighted by molar-refractivity contribution is 5.94. The minimum absolute atomic E-state index is 0.0514. The van der Waals surface area contributed by atoms with Crippen LogP contribution >= 0.6 is 0 Å². The third-order valence-electron chi connectivity index (χ3n) is 18.3. The number of rotatable bonds is 84. The molecule has 2 aromatic rings. The van der Waals surface area contributed by atoms with Gasteiger partial charge in [-0.3, -0.25) is 14.4 Å². The molecule has 113 heavy (non-hydrogen) atoms. The molecule has 4 fully saturated rings. The van der Waals surface area contributed by atoms with Gasteiger partial charge in [-0.2, -0.15) is 10.2 Å². The van der Waals surface area contributed by atoms with Crippen molar-refractivity contribution in [3.63, 3.8) is 0 Å². The fourth-order valence-corrected chi connectivity index (χ4v) is 12.9. The van der Waals surface area contributed by atoms with Gasteiger partial charge in [-0.15, -0.1) is 0 Å². The number of carbonyl (C=O) groups excluding carboxylic acids is 3. The number of ether oxygens (including phenoxy) is 22. The quantitative estimate of drug-likeness (QED) is 0.0368. The number of nitrogens with zero attached hydrogens (tertiary/aromatic N) is 2. The third kappa shape index (κ3) is 54.6. The predicted octanol–water partition coefficient (Wildman–Crippen LogP) is 7.46. The molecular formula is C81H137N5O27. The van der Waals surface area contributed by atoms with E-state index in [4.69, 9.17) is 109 Å². The standard InChI is InChI=1S/C81H137N5O27/c87-77(8-4-2-1-3-5-17-84-80(91)81-67-70-64-71(68-81)66-72(65-70)69-81)82-18-6-20-92-22-24-94-26-28-96-30-32-98-34-36-100-38-40-102-42-44-104-46-48-106-50-52-108-54-56-110-58-60-112-62-63-113-61-59-111-57-55-109-53-51-107-49-47-105-45-43-103-41-39-101-37-35-99-33-31-97-29-27-95-25-23-93-21-7-19-83-78(88)73-9-13-75(14-10-73)85-86-76-15-11-74(12-16-76)79(89)90/h9-16,70-72H,1-8,17-69H2,(H,82,87)(H,83,88)(H,84,91)(H,89,90). The molecule has 32 heteroatoms. The van der Waals surface area contributed by atoms with Gasteiger partial charge in [0.25, 0.3) is 5.91 Å². The van der Waals surface area contributed by atoms with E-state index in [1.54, 1.807) is 36.4 Å². The molecule has 648 valence electrons. The summed E-state index contributed by atoms with van der Waals surface area (Å²) in [6, 6.07) is 12.8. The van der Waals surface area contributed by atoms with Gasteiger partial charge in [-0.25, -0.2) is 4.79 Å². The first kappa shape index (κ1) is 98.6. The Morgan fingerprint density at radius 1 is 0.283 bits per heavy atom. The van der Waals surface area contributed by atoms with Gasteiger partial charge in [0.15, 0.2) is 0 Å². The number of nitrogens with one attached hydrogen (secondary N) is 3. The molecule has 3 amide bonds. The van der Waals surface area contributed by atoms with Crippen molar-refractivity contribution in [3.8, 4) is 0 Å². The highest BCUT2D eigenvalue weighted by Gasteiger charge is 2.54. The van der Waals surface area contributed by atoms with Gasteiger partial charge in [0, 0.05) is 50.2 Å². The summed E-state index contributed by atoms with van der Waals surface area (Å²) < 4.78 is 122. The summed E-state index contributed by atoms with van der Waals surface area (Å²) in [5.74, 6) is 1.61. The van der Waals surface area contributed by atoms with E-state index < -0.39 is 5.97 Å². The minimum atomic E-state index is -1.01. The van der Waals surface area contributed by atoms with Crippen molar-refractivity contribution < 1.29 is 128 Å². The fourth-order valence-electron chi connectivity index (χ4n) is 12.9. The lowest BCUT2D eigenvalue weighted by atomic mass is 9.49. The summed E-state index contributed by atoms with van der Waals surface area (Å²) in [5, 5.41) is 26.4. The molecule has 0 saturated heterocycles. The summed E-state index contributed by atoms with van der Waals surface area (Å²) in [4.78, 5) is 48.8. The summed E-state index contributed by atoms with van der Waals surface area (Å²) in [5.41, 5.74) is 1.70. The lowest BCUT2D eigenvalue weighted by Crippen LogP contribution is -2.53. The second kappa shape index (κ2) is 71.2. The summed E-state index contributed by atoms with van der Waals surface area (Å²) in [6.45, 7) is 22.7. The summed E-state index contributed by atoms with van der Waals surface area (Å²) >= 11 is 0. The predicted molar refractivity (Wildman–Crippen MR) is 418 cm³/mol. The van der Waals surface area contributed by atoms with Crippen LogP contribution in [0.2, 0.25) is 0 Å². The molecule has 0 aromatic heterocycles. The lowest BCUT2D eigenvalue weighted by Gasteiger charge is -2.55. The normalized spacial score (nSPS) is 16.4. The molecule has 0 spiro atoms. The molecule has 0 heterocycles. The minimum Gasteiger partial charge on any atom is -0.478 e. The van der Waals surface area contributed by atoms with Crippen LogP contribution in [-0.2, 0) is 114 Å². The Morgan fingerprint density at radius 3 is 0.788 bits per heavy atom. The van der Waals surface area contributed by atoms with Crippen LogP contribution in [0.15, 0.2) is 58.8 Å². The smallest absolute Gasteiger partial charge is 0.335 e. The average molecular weight is 1610 g/mol. The number of carbonyl (C=O) groups is 4. The zero-order valence-corrected chi connectivity index (χ0v) is 67.4. The molecule has 0 atom stereocenters. The van der Waals surface area contributed by atoms with Gasteiger partial charge < -0.3 is 125 Å². The first-order valence-corrected chi connectivity index (χ1v) is 41.2. The number of amides is 3. The first-order chi connectivity index (χ1) is 55.8. The van der Waals surface area contributed by atoms with E-state index in [9.17, 15) is 19.2 Å². The highest BCUT2D eigenvalue weighted by atomic mass is 16.6. The molecule has 0 radical (unpaired) electrons. The lowest BCUT2D eigenvalue weighted by molar-refractivity contribution is -0.146. The second-order valence-corrected chi connectivity index (χ2v) is 27.4. The van der Waals surface area contributed by atoms with Crippen molar-refractivity contribution >= 4 is 35.1 Å². The van der Waals surface area contributed by atoms with E-state index in [0.717, 1.165) is 82.1 Å².